The summed E-state index contributed by atoms with van der Waals surface area (Å²) in [7, 11) is -1.78. The first-order valence-electron chi connectivity index (χ1n) is 7.18. The van der Waals surface area contributed by atoms with Crippen LogP contribution in [0.25, 0.3) is 0 Å². The van der Waals surface area contributed by atoms with Crippen LogP contribution in [0.2, 0.25) is 0 Å². The highest BCUT2D eigenvalue weighted by atomic mass is 32.2. The predicted octanol–water partition coefficient (Wildman–Crippen LogP) is 1.56. The van der Waals surface area contributed by atoms with E-state index in [0.29, 0.717) is 24.7 Å². The minimum Gasteiger partial charge on any atom is -0.382 e. The van der Waals surface area contributed by atoms with Crippen LogP contribution in [0.1, 0.15) is 18.4 Å². The highest BCUT2D eigenvalue weighted by Crippen LogP contribution is 2.49. The molecule has 0 spiro atoms. The van der Waals surface area contributed by atoms with Gasteiger partial charge in [0.2, 0.25) is 10.0 Å². The highest BCUT2D eigenvalue weighted by Gasteiger charge is 2.59. The molecule has 0 radical (unpaired) electrons. The van der Waals surface area contributed by atoms with E-state index in [2.05, 4.69) is 0 Å². The van der Waals surface area contributed by atoms with Gasteiger partial charge >= 0.3 is 0 Å². The van der Waals surface area contributed by atoms with E-state index in [9.17, 15) is 8.42 Å². The average molecular weight is 311 g/mol. The number of benzene rings is 1. The van der Waals surface area contributed by atoms with Gasteiger partial charge < -0.3 is 9.47 Å². The summed E-state index contributed by atoms with van der Waals surface area (Å²) in [5.74, 6) is 0. The van der Waals surface area contributed by atoms with Crippen molar-refractivity contribution in [3.8, 4) is 0 Å². The van der Waals surface area contributed by atoms with Gasteiger partial charge in [0, 0.05) is 19.7 Å². The highest BCUT2D eigenvalue weighted by molar-refractivity contribution is 7.89. The van der Waals surface area contributed by atoms with Crippen LogP contribution in [0.3, 0.4) is 0 Å². The Hall–Kier alpha value is -0.950. The first-order chi connectivity index (χ1) is 9.97. The Balaban J connectivity index is 1.73. The standard InChI is InChI=1S/C15H21NO4S/c1-12-3-5-14(6-4-12)21(17,18)16-11-15(9-13(16)10-15)20-8-7-19-2/h3-6,13H,7-11H2,1-2H3. The third kappa shape index (κ3) is 2.61. The molecule has 0 atom stereocenters. The topological polar surface area (TPSA) is 55.8 Å². The largest absolute Gasteiger partial charge is 0.382 e. The molecule has 0 amide bonds. The van der Waals surface area contributed by atoms with Gasteiger partial charge in [0.1, 0.15) is 0 Å². The van der Waals surface area contributed by atoms with E-state index in [4.69, 9.17) is 9.47 Å². The molecule has 1 aliphatic carbocycles. The van der Waals surface area contributed by atoms with Crippen molar-refractivity contribution >= 4 is 10.0 Å². The third-order valence-electron chi connectivity index (χ3n) is 4.39. The predicted molar refractivity (Wildman–Crippen MR) is 78.7 cm³/mol. The summed E-state index contributed by atoms with van der Waals surface area (Å²) in [4.78, 5) is 0.368. The zero-order valence-corrected chi connectivity index (χ0v) is 13.2. The Morgan fingerprint density at radius 1 is 1.24 bits per heavy atom. The quantitative estimate of drug-likeness (QED) is 0.748. The van der Waals surface area contributed by atoms with Gasteiger partial charge in [-0.2, -0.15) is 4.31 Å². The van der Waals surface area contributed by atoms with Crippen LogP contribution in [0.15, 0.2) is 29.2 Å². The van der Waals surface area contributed by atoms with Crippen molar-refractivity contribution in [1.29, 1.82) is 0 Å². The number of fused-ring (bicyclic) bond motifs is 1. The van der Waals surface area contributed by atoms with E-state index in [1.54, 1.807) is 23.5 Å². The maximum Gasteiger partial charge on any atom is 0.243 e. The molecule has 2 bridgehead atoms. The maximum absolute atomic E-state index is 12.7. The molecule has 0 N–H and O–H groups in total. The normalized spacial score (nSPS) is 28.6. The van der Waals surface area contributed by atoms with Crippen molar-refractivity contribution in [2.24, 2.45) is 0 Å². The van der Waals surface area contributed by atoms with Gasteiger partial charge in [-0.3, -0.25) is 0 Å². The molecule has 2 saturated heterocycles. The van der Waals surface area contributed by atoms with Crippen LogP contribution in [0, 0.1) is 6.92 Å². The van der Waals surface area contributed by atoms with Crippen LogP contribution in [0.5, 0.6) is 0 Å². The summed E-state index contributed by atoms with van der Waals surface area (Å²) in [6, 6.07) is 7.10. The lowest BCUT2D eigenvalue weighted by atomic mass is 9.81. The van der Waals surface area contributed by atoms with Gasteiger partial charge in [-0.15, -0.1) is 0 Å². The smallest absolute Gasteiger partial charge is 0.243 e. The minimum absolute atomic E-state index is 0.0823. The van der Waals surface area contributed by atoms with Crippen molar-refractivity contribution in [3.05, 3.63) is 29.8 Å². The number of aryl methyl sites for hydroxylation is 1. The van der Waals surface area contributed by atoms with Gasteiger partial charge in [0.15, 0.2) is 0 Å². The van der Waals surface area contributed by atoms with Crippen molar-refractivity contribution in [2.45, 2.75) is 36.3 Å². The number of methoxy groups -OCH3 is 1. The van der Waals surface area contributed by atoms with E-state index in [-0.39, 0.29) is 11.6 Å². The molecule has 3 aliphatic rings. The zero-order chi connectivity index (χ0) is 15.1. The molecule has 0 aromatic heterocycles. The average Bonchev–Trinajstić information content (AvgIpc) is 2.96. The Morgan fingerprint density at radius 3 is 2.52 bits per heavy atom. The first-order valence-corrected chi connectivity index (χ1v) is 8.62. The number of ether oxygens (including phenoxy) is 2. The fourth-order valence-electron chi connectivity index (χ4n) is 3.18. The van der Waals surface area contributed by atoms with E-state index < -0.39 is 10.0 Å². The Kier molecular flexibility index (Phi) is 3.81. The summed E-state index contributed by atoms with van der Waals surface area (Å²) >= 11 is 0. The number of nitrogens with zero attached hydrogens (tertiary/aromatic N) is 1. The monoisotopic (exact) mass is 311 g/mol. The fourth-order valence-corrected chi connectivity index (χ4v) is 4.87. The number of rotatable bonds is 6. The second-order valence-corrected chi connectivity index (χ2v) is 7.84. The molecule has 3 fully saturated rings. The van der Waals surface area contributed by atoms with Crippen LogP contribution in [0.4, 0.5) is 0 Å². The molecule has 6 heteroatoms. The van der Waals surface area contributed by atoms with Crippen molar-refractivity contribution in [3.63, 3.8) is 0 Å². The first kappa shape index (κ1) is 15.0. The van der Waals surface area contributed by atoms with Crippen molar-refractivity contribution in [2.75, 3.05) is 26.9 Å². The molecular formula is C15H21NO4S. The Bertz CT molecular complexity index is 605. The Labute approximate surface area is 125 Å². The molecule has 5 nitrogen and oxygen atoms in total. The van der Waals surface area contributed by atoms with Gasteiger partial charge in [-0.05, 0) is 31.9 Å². The molecule has 1 aromatic rings. The lowest BCUT2D eigenvalue weighted by Gasteiger charge is -2.36. The van der Waals surface area contributed by atoms with E-state index >= 15 is 0 Å². The molecule has 4 rings (SSSR count). The summed E-state index contributed by atoms with van der Waals surface area (Å²) in [5.41, 5.74) is 0.764. The maximum atomic E-state index is 12.7. The van der Waals surface area contributed by atoms with Crippen molar-refractivity contribution in [1.82, 2.24) is 4.31 Å². The molecule has 2 heterocycles. The zero-order valence-electron chi connectivity index (χ0n) is 12.4. The molecule has 21 heavy (non-hydrogen) atoms. The lowest BCUT2D eigenvalue weighted by Crippen LogP contribution is -2.43. The summed E-state index contributed by atoms with van der Waals surface area (Å²) in [5, 5.41) is 0. The summed E-state index contributed by atoms with van der Waals surface area (Å²) in [6.07, 6.45) is 1.59. The molecule has 2 aliphatic heterocycles. The number of hydrogen-bond donors (Lipinski definition) is 0. The van der Waals surface area contributed by atoms with E-state index in [0.717, 1.165) is 18.4 Å². The molecule has 116 valence electrons. The molecule has 1 aromatic carbocycles. The van der Waals surface area contributed by atoms with Crippen molar-refractivity contribution < 1.29 is 17.9 Å². The lowest BCUT2D eigenvalue weighted by molar-refractivity contribution is -0.0822. The van der Waals surface area contributed by atoms with E-state index in [1.807, 2.05) is 19.1 Å². The van der Waals surface area contributed by atoms with Gasteiger partial charge in [-0.25, -0.2) is 8.42 Å². The van der Waals surface area contributed by atoms with Gasteiger partial charge in [-0.1, -0.05) is 17.7 Å². The SMILES string of the molecule is COCCOC12CC(C1)N(S(=O)(=O)c1ccc(C)cc1)C2. The molecule has 1 saturated carbocycles. The minimum atomic E-state index is -3.41. The van der Waals surface area contributed by atoms with Crippen LogP contribution in [-0.2, 0) is 19.5 Å². The Morgan fingerprint density at radius 2 is 1.90 bits per heavy atom. The van der Waals surface area contributed by atoms with Gasteiger partial charge in [0.25, 0.3) is 0 Å². The number of sulfonamides is 1. The molecular weight excluding hydrogens is 290 g/mol. The van der Waals surface area contributed by atoms with Gasteiger partial charge in [0.05, 0.1) is 23.7 Å². The van der Waals surface area contributed by atoms with Crippen LogP contribution in [-0.4, -0.2) is 51.2 Å². The fraction of sp³-hybridized carbons (Fsp3) is 0.600. The summed E-state index contributed by atoms with van der Waals surface area (Å²) in [6.45, 7) is 3.46. The second-order valence-electron chi connectivity index (χ2n) is 5.95. The third-order valence-corrected chi connectivity index (χ3v) is 6.30. The van der Waals surface area contributed by atoms with Crippen LogP contribution < -0.4 is 0 Å². The van der Waals surface area contributed by atoms with E-state index in [1.165, 1.54) is 0 Å². The summed E-state index contributed by atoms with van der Waals surface area (Å²) < 4.78 is 37.8. The number of hydrogen-bond acceptors (Lipinski definition) is 4. The second kappa shape index (κ2) is 5.35. The molecule has 0 unspecified atom stereocenters. The van der Waals surface area contributed by atoms with Crippen LogP contribution >= 0.6 is 0 Å².